The minimum absolute atomic E-state index is 0.136. The third-order valence-corrected chi connectivity index (χ3v) is 3.61. The smallest absolute Gasteiger partial charge is 0.314 e. The number of urea groups is 1. The van der Waals surface area contributed by atoms with Crippen LogP contribution in [0.2, 0.25) is 0 Å². The minimum Gasteiger partial charge on any atom is -0.379 e. The molecule has 7 heteroatoms. The number of pyridine rings is 1. The Labute approximate surface area is 131 Å². The van der Waals surface area contributed by atoms with E-state index in [2.05, 4.69) is 32.8 Å². The summed E-state index contributed by atoms with van der Waals surface area (Å²) in [5, 5.41) is 8.87. The van der Waals surface area contributed by atoms with E-state index in [1.165, 1.54) is 0 Å². The summed E-state index contributed by atoms with van der Waals surface area (Å²) in [7, 11) is 0. The molecule has 0 radical (unpaired) electrons. The van der Waals surface area contributed by atoms with E-state index in [4.69, 9.17) is 4.74 Å². The fourth-order valence-electron chi connectivity index (χ4n) is 2.28. The number of hydrogen-bond acceptors (Lipinski definition) is 5. The highest BCUT2D eigenvalue weighted by Crippen LogP contribution is 2.02. The van der Waals surface area contributed by atoms with Gasteiger partial charge in [-0.25, -0.2) is 9.78 Å². The van der Waals surface area contributed by atoms with Crippen molar-refractivity contribution in [3.05, 3.63) is 24.4 Å². The maximum atomic E-state index is 11.7. The van der Waals surface area contributed by atoms with E-state index in [1.807, 2.05) is 18.2 Å². The Kier molecular flexibility index (Phi) is 6.92. The lowest BCUT2D eigenvalue weighted by atomic mass is 10.2. The predicted molar refractivity (Wildman–Crippen MR) is 86.0 cm³/mol. The van der Waals surface area contributed by atoms with Crippen molar-refractivity contribution in [1.29, 1.82) is 0 Å². The number of carbonyl (C=O) groups is 1. The van der Waals surface area contributed by atoms with E-state index >= 15 is 0 Å². The molecular formula is C15H25N5O2. The van der Waals surface area contributed by atoms with Gasteiger partial charge in [0.2, 0.25) is 0 Å². The first-order valence-corrected chi connectivity index (χ1v) is 7.74. The van der Waals surface area contributed by atoms with Crippen LogP contribution in [0.5, 0.6) is 0 Å². The summed E-state index contributed by atoms with van der Waals surface area (Å²) in [6, 6.07) is 5.86. The normalized spacial score (nSPS) is 16.8. The molecule has 3 N–H and O–H groups in total. The van der Waals surface area contributed by atoms with Crippen LogP contribution in [-0.2, 0) is 4.74 Å². The summed E-state index contributed by atoms with van der Waals surface area (Å²) < 4.78 is 5.32. The first-order chi connectivity index (χ1) is 10.8. The highest BCUT2D eigenvalue weighted by Gasteiger charge is 2.17. The molecule has 0 aliphatic carbocycles. The molecule has 2 heterocycles. The second kappa shape index (κ2) is 9.22. The zero-order valence-electron chi connectivity index (χ0n) is 13.0. The Morgan fingerprint density at radius 1 is 1.32 bits per heavy atom. The van der Waals surface area contributed by atoms with Gasteiger partial charge in [0.25, 0.3) is 0 Å². The molecule has 1 aromatic heterocycles. The Morgan fingerprint density at radius 3 is 2.86 bits per heavy atom. The van der Waals surface area contributed by atoms with Gasteiger partial charge in [-0.15, -0.1) is 0 Å². The quantitative estimate of drug-likeness (QED) is 0.640. The minimum atomic E-state index is -0.136. The predicted octanol–water partition coefficient (Wildman–Crippen LogP) is 0.513. The molecule has 1 atom stereocenters. The summed E-state index contributed by atoms with van der Waals surface area (Å²) >= 11 is 0. The van der Waals surface area contributed by atoms with E-state index in [0.29, 0.717) is 25.7 Å². The lowest BCUT2D eigenvalue weighted by molar-refractivity contribution is 0.0209. The molecule has 1 fully saturated rings. The molecule has 1 aromatic rings. The van der Waals surface area contributed by atoms with Gasteiger partial charge in [-0.3, -0.25) is 4.90 Å². The van der Waals surface area contributed by atoms with Crippen LogP contribution in [0.25, 0.3) is 0 Å². The highest BCUT2D eigenvalue weighted by atomic mass is 16.5. The van der Waals surface area contributed by atoms with Crippen LogP contribution in [0.15, 0.2) is 24.4 Å². The van der Waals surface area contributed by atoms with Gasteiger partial charge >= 0.3 is 6.03 Å². The SMILES string of the molecule is CC(CNC(=O)NCCNc1ccccn1)N1CCOCC1. The fraction of sp³-hybridized carbons (Fsp3) is 0.600. The monoisotopic (exact) mass is 307 g/mol. The Balaban J connectivity index is 1.54. The number of nitrogens with zero attached hydrogens (tertiary/aromatic N) is 2. The summed E-state index contributed by atoms with van der Waals surface area (Å²) in [5.41, 5.74) is 0. The van der Waals surface area contributed by atoms with Gasteiger partial charge in [-0.05, 0) is 19.1 Å². The Bertz CT molecular complexity index is 437. The van der Waals surface area contributed by atoms with Gasteiger partial charge in [-0.2, -0.15) is 0 Å². The average molecular weight is 307 g/mol. The van der Waals surface area contributed by atoms with Crippen LogP contribution in [0.3, 0.4) is 0 Å². The van der Waals surface area contributed by atoms with Crippen molar-refractivity contribution < 1.29 is 9.53 Å². The van der Waals surface area contributed by atoms with Gasteiger partial charge in [0.15, 0.2) is 0 Å². The molecule has 122 valence electrons. The number of rotatable bonds is 7. The largest absolute Gasteiger partial charge is 0.379 e. The maximum absolute atomic E-state index is 11.7. The van der Waals surface area contributed by atoms with Crippen molar-refractivity contribution >= 4 is 11.8 Å². The first kappa shape index (κ1) is 16.5. The molecule has 2 rings (SSSR count). The topological polar surface area (TPSA) is 78.5 Å². The van der Waals surface area contributed by atoms with E-state index in [9.17, 15) is 4.79 Å². The molecule has 22 heavy (non-hydrogen) atoms. The van der Waals surface area contributed by atoms with Crippen LogP contribution in [0.1, 0.15) is 6.92 Å². The van der Waals surface area contributed by atoms with E-state index in [1.54, 1.807) is 6.20 Å². The molecule has 1 unspecified atom stereocenters. The fourth-order valence-corrected chi connectivity index (χ4v) is 2.28. The summed E-state index contributed by atoms with van der Waals surface area (Å²) in [6.07, 6.45) is 1.73. The zero-order chi connectivity index (χ0) is 15.6. The maximum Gasteiger partial charge on any atom is 0.314 e. The number of ether oxygens (including phenoxy) is 1. The number of anilines is 1. The lowest BCUT2D eigenvalue weighted by Gasteiger charge is -2.32. The van der Waals surface area contributed by atoms with Crippen molar-refractivity contribution in [1.82, 2.24) is 20.5 Å². The third-order valence-electron chi connectivity index (χ3n) is 3.61. The van der Waals surface area contributed by atoms with Crippen molar-refractivity contribution in [3.8, 4) is 0 Å². The number of amides is 2. The molecule has 1 aliphatic heterocycles. The van der Waals surface area contributed by atoms with Gasteiger partial charge < -0.3 is 20.7 Å². The van der Waals surface area contributed by atoms with Gasteiger partial charge in [0, 0.05) is 45.0 Å². The number of morpholine rings is 1. The van der Waals surface area contributed by atoms with Crippen molar-refractivity contribution in [3.63, 3.8) is 0 Å². The standard InChI is InChI=1S/C15H25N5O2/c1-13(20-8-10-22-11-9-20)12-19-15(21)18-7-6-17-14-4-2-3-5-16-14/h2-5,13H,6-12H2,1H3,(H,16,17)(H2,18,19,21). The van der Waals surface area contributed by atoms with Crippen LogP contribution in [0.4, 0.5) is 10.6 Å². The summed E-state index contributed by atoms with van der Waals surface area (Å²) in [4.78, 5) is 18.2. The van der Waals surface area contributed by atoms with Crippen LogP contribution < -0.4 is 16.0 Å². The van der Waals surface area contributed by atoms with E-state index in [0.717, 1.165) is 32.1 Å². The molecule has 0 spiro atoms. The van der Waals surface area contributed by atoms with E-state index < -0.39 is 0 Å². The molecule has 0 aromatic carbocycles. The Morgan fingerprint density at radius 2 is 2.14 bits per heavy atom. The molecular weight excluding hydrogens is 282 g/mol. The number of carbonyl (C=O) groups excluding carboxylic acids is 1. The Hall–Kier alpha value is -1.86. The first-order valence-electron chi connectivity index (χ1n) is 7.74. The summed E-state index contributed by atoms with van der Waals surface area (Å²) in [5.74, 6) is 0.811. The summed E-state index contributed by atoms with van der Waals surface area (Å²) in [6.45, 7) is 7.36. The molecule has 1 saturated heterocycles. The number of nitrogens with one attached hydrogen (secondary N) is 3. The molecule has 0 saturated carbocycles. The molecule has 2 amide bonds. The van der Waals surface area contributed by atoms with Crippen molar-refractivity contribution in [2.75, 3.05) is 51.3 Å². The molecule has 1 aliphatic rings. The van der Waals surface area contributed by atoms with Gasteiger partial charge in [0.1, 0.15) is 5.82 Å². The van der Waals surface area contributed by atoms with Crippen molar-refractivity contribution in [2.24, 2.45) is 0 Å². The highest BCUT2D eigenvalue weighted by molar-refractivity contribution is 5.73. The van der Waals surface area contributed by atoms with E-state index in [-0.39, 0.29) is 6.03 Å². The lowest BCUT2D eigenvalue weighted by Crippen LogP contribution is -2.49. The number of hydrogen-bond donors (Lipinski definition) is 3. The van der Waals surface area contributed by atoms with Gasteiger partial charge in [0.05, 0.1) is 13.2 Å². The van der Waals surface area contributed by atoms with Crippen LogP contribution >= 0.6 is 0 Å². The second-order valence-corrected chi connectivity index (χ2v) is 5.28. The zero-order valence-corrected chi connectivity index (χ0v) is 13.0. The van der Waals surface area contributed by atoms with Gasteiger partial charge in [-0.1, -0.05) is 6.07 Å². The van der Waals surface area contributed by atoms with Crippen LogP contribution in [-0.4, -0.2) is 67.9 Å². The van der Waals surface area contributed by atoms with Crippen LogP contribution in [0, 0.1) is 0 Å². The molecule has 7 nitrogen and oxygen atoms in total. The average Bonchev–Trinajstić information content (AvgIpc) is 2.58. The third kappa shape index (κ3) is 5.87. The number of aromatic nitrogens is 1. The second-order valence-electron chi connectivity index (χ2n) is 5.28. The molecule has 0 bridgehead atoms. The van der Waals surface area contributed by atoms with Crippen molar-refractivity contribution in [2.45, 2.75) is 13.0 Å².